The predicted molar refractivity (Wildman–Crippen MR) is 60.3 cm³/mol. The summed E-state index contributed by atoms with van der Waals surface area (Å²) < 4.78 is 5.24. The van der Waals surface area contributed by atoms with Crippen LogP contribution in [0.4, 0.5) is 5.69 Å². The third-order valence-corrected chi connectivity index (χ3v) is 2.58. The molecular formula is C12H15NO3. The fraction of sp³-hybridized carbons (Fsp3) is 0.417. The normalized spacial score (nSPS) is 22.8. The standard InChI is InChI=1S/C12H15NO3/c1-2-5-10-11(16-10)12(15)13-8-6-3-4-7-9(8)14/h3-4,6-7,10-11,14H,2,5H2,1H3,(H,13,15)/t10-,11+/m0/s1. The Balaban J connectivity index is 1.92. The van der Waals surface area contributed by atoms with Gasteiger partial charge in [0, 0.05) is 0 Å². The Hall–Kier alpha value is -1.55. The highest BCUT2D eigenvalue weighted by atomic mass is 16.6. The van der Waals surface area contributed by atoms with Gasteiger partial charge < -0.3 is 15.2 Å². The van der Waals surface area contributed by atoms with Gasteiger partial charge in [-0.1, -0.05) is 25.5 Å². The van der Waals surface area contributed by atoms with Crippen LogP contribution in [0.2, 0.25) is 0 Å². The second-order valence-electron chi connectivity index (χ2n) is 3.89. The molecule has 0 bridgehead atoms. The van der Waals surface area contributed by atoms with Gasteiger partial charge in [-0.15, -0.1) is 0 Å². The maximum absolute atomic E-state index is 11.7. The lowest BCUT2D eigenvalue weighted by Crippen LogP contribution is -2.19. The third kappa shape index (κ3) is 2.33. The zero-order valence-corrected chi connectivity index (χ0v) is 9.14. The molecule has 1 fully saturated rings. The van der Waals surface area contributed by atoms with Crippen molar-refractivity contribution in [2.45, 2.75) is 32.0 Å². The molecule has 2 atom stereocenters. The number of rotatable bonds is 4. The van der Waals surface area contributed by atoms with Crippen LogP contribution in [0.25, 0.3) is 0 Å². The van der Waals surface area contributed by atoms with Crippen LogP contribution in [0.15, 0.2) is 24.3 Å². The molecule has 0 spiro atoms. The second kappa shape index (κ2) is 4.53. The first kappa shape index (κ1) is 11.0. The molecule has 1 aromatic carbocycles. The van der Waals surface area contributed by atoms with Crippen LogP contribution in [0.3, 0.4) is 0 Å². The molecular weight excluding hydrogens is 206 g/mol. The summed E-state index contributed by atoms with van der Waals surface area (Å²) in [6, 6.07) is 6.66. The summed E-state index contributed by atoms with van der Waals surface area (Å²) in [4.78, 5) is 11.7. The molecule has 4 heteroatoms. The monoisotopic (exact) mass is 221 g/mol. The Bertz CT molecular complexity index is 392. The van der Waals surface area contributed by atoms with E-state index in [1.165, 1.54) is 6.07 Å². The molecule has 1 aliphatic heterocycles. The Morgan fingerprint density at radius 1 is 1.50 bits per heavy atom. The molecule has 0 aliphatic carbocycles. The number of epoxide rings is 1. The minimum absolute atomic E-state index is 0.0517. The lowest BCUT2D eigenvalue weighted by Gasteiger charge is -2.04. The van der Waals surface area contributed by atoms with E-state index in [2.05, 4.69) is 12.2 Å². The van der Waals surface area contributed by atoms with Crippen molar-refractivity contribution in [1.29, 1.82) is 0 Å². The average Bonchev–Trinajstić information content (AvgIpc) is 3.01. The van der Waals surface area contributed by atoms with Gasteiger partial charge in [0.15, 0.2) is 6.10 Å². The number of nitrogens with one attached hydrogen (secondary N) is 1. The number of hydrogen-bond acceptors (Lipinski definition) is 3. The molecule has 0 radical (unpaired) electrons. The highest BCUT2D eigenvalue weighted by Crippen LogP contribution is 2.29. The molecule has 0 saturated carbocycles. The number of aromatic hydroxyl groups is 1. The number of phenolic OH excluding ortho intramolecular Hbond substituents is 1. The summed E-state index contributed by atoms with van der Waals surface area (Å²) in [5, 5.41) is 12.1. The molecule has 1 aliphatic rings. The summed E-state index contributed by atoms with van der Waals surface area (Å²) in [6.07, 6.45) is 1.61. The topological polar surface area (TPSA) is 61.9 Å². The summed E-state index contributed by atoms with van der Waals surface area (Å²) in [5.41, 5.74) is 0.429. The molecule has 2 rings (SSSR count). The van der Waals surface area contributed by atoms with Crippen LogP contribution < -0.4 is 5.32 Å². The largest absolute Gasteiger partial charge is 0.506 e. The number of para-hydroxylation sites is 2. The van der Waals surface area contributed by atoms with Gasteiger partial charge in [-0.25, -0.2) is 0 Å². The number of ether oxygens (including phenoxy) is 1. The Morgan fingerprint density at radius 2 is 2.25 bits per heavy atom. The smallest absolute Gasteiger partial charge is 0.256 e. The lowest BCUT2D eigenvalue weighted by atomic mass is 10.2. The minimum atomic E-state index is -0.348. The van der Waals surface area contributed by atoms with Crippen LogP contribution in [0, 0.1) is 0 Å². The van der Waals surface area contributed by atoms with E-state index in [-0.39, 0.29) is 23.9 Å². The van der Waals surface area contributed by atoms with E-state index in [1.54, 1.807) is 18.2 Å². The van der Waals surface area contributed by atoms with Crippen molar-refractivity contribution >= 4 is 11.6 Å². The lowest BCUT2D eigenvalue weighted by molar-refractivity contribution is -0.117. The second-order valence-corrected chi connectivity index (χ2v) is 3.89. The maximum Gasteiger partial charge on any atom is 0.256 e. The fourth-order valence-electron chi connectivity index (χ4n) is 1.66. The van der Waals surface area contributed by atoms with Gasteiger partial charge in [0.1, 0.15) is 5.75 Å². The number of carbonyl (C=O) groups excluding carboxylic acids is 1. The summed E-state index contributed by atoms with van der Waals surface area (Å²) in [7, 11) is 0. The van der Waals surface area contributed by atoms with Crippen LogP contribution in [0.5, 0.6) is 5.75 Å². The highest BCUT2D eigenvalue weighted by Gasteiger charge is 2.44. The van der Waals surface area contributed by atoms with E-state index in [4.69, 9.17) is 4.74 Å². The molecule has 0 unspecified atom stereocenters. The number of carbonyl (C=O) groups is 1. The van der Waals surface area contributed by atoms with Crippen LogP contribution in [-0.4, -0.2) is 23.2 Å². The van der Waals surface area contributed by atoms with E-state index in [1.807, 2.05) is 0 Å². The van der Waals surface area contributed by atoms with Crippen molar-refractivity contribution < 1.29 is 14.6 Å². The zero-order valence-electron chi connectivity index (χ0n) is 9.14. The van der Waals surface area contributed by atoms with Gasteiger partial charge >= 0.3 is 0 Å². The van der Waals surface area contributed by atoms with Gasteiger partial charge in [0.2, 0.25) is 0 Å². The van der Waals surface area contributed by atoms with Crippen LogP contribution in [-0.2, 0) is 9.53 Å². The van der Waals surface area contributed by atoms with Crippen LogP contribution >= 0.6 is 0 Å². The van der Waals surface area contributed by atoms with E-state index in [0.29, 0.717) is 5.69 Å². The van der Waals surface area contributed by atoms with Crippen molar-refractivity contribution in [1.82, 2.24) is 0 Å². The first-order valence-corrected chi connectivity index (χ1v) is 5.46. The number of phenols is 1. The van der Waals surface area contributed by atoms with Crippen molar-refractivity contribution in [3.8, 4) is 5.75 Å². The molecule has 2 N–H and O–H groups in total. The molecule has 1 heterocycles. The van der Waals surface area contributed by atoms with Crippen molar-refractivity contribution in [2.75, 3.05) is 5.32 Å². The summed E-state index contributed by atoms with van der Waals surface area (Å²) >= 11 is 0. The summed E-state index contributed by atoms with van der Waals surface area (Å²) in [6.45, 7) is 2.06. The molecule has 1 aromatic rings. The average molecular weight is 221 g/mol. The van der Waals surface area contributed by atoms with E-state index in [0.717, 1.165) is 12.8 Å². The minimum Gasteiger partial charge on any atom is -0.506 e. The number of amides is 1. The van der Waals surface area contributed by atoms with Crippen molar-refractivity contribution in [3.05, 3.63) is 24.3 Å². The van der Waals surface area contributed by atoms with Gasteiger partial charge in [-0.3, -0.25) is 4.79 Å². The SMILES string of the molecule is CCC[C@@H]1O[C@H]1C(=O)Nc1ccccc1O. The zero-order chi connectivity index (χ0) is 11.5. The van der Waals surface area contributed by atoms with Gasteiger partial charge in [-0.05, 0) is 18.6 Å². The quantitative estimate of drug-likeness (QED) is 0.603. The third-order valence-electron chi connectivity index (χ3n) is 2.58. The van der Waals surface area contributed by atoms with Gasteiger partial charge in [0.05, 0.1) is 11.8 Å². The van der Waals surface area contributed by atoms with E-state index < -0.39 is 0 Å². The van der Waals surface area contributed by atoms with Gasteiger partial charge in [0.25, 0.3) is 5.91 Å². The highest BCUT2D eigenvalue weighted by molar-refractivity contribution is 5.97. The number of anilines is 1. The molecule has 0 aromatic heterocycles. The molecule has 16 heavy (non-hydrogen) atoms. The Labute approximate surface area is 94.2 Å². The summed E-state index contributed by atoms with van der Waals surface area (Å²) in [5.74, 6) is -0.108. The maximum atomic E-state index is 11.7. The first-order valence-electron chi connectivity index (χ1n) is 5.46. The Morgan fingerprint density at radius 3 is 2.94 bits per heavy atom. The fourth-order valence-corrected chi connectivity index (χ4v) is 1.66. The van der Waals surface area contributed by atoms with Crippen molar-refractivity contribution in [2.24, 2.45) is 0 Å². The van der Waals surface area contributed by atoms with E-state index >= 15 is 0 Å². The molecule has 4 nitrogen and oxygen atoms in total. The molecule has 1 amide bonds. The molecule has 1 saturated heterocycles. The predicted octanol–water partition coefficient (Wildman–Crippen LogP) is 1.90. The first-order chi connectivity index (χ1) is 7.72. The number of hydrogen-bond donors (Lipinski definition) is 2. The van der Waals surface area contributed by atoms with Crippen LogP contribution in [0.1, 0.15) is 19.8 Å². The van der Waals surface area contributed by atoms with Crippen molar-refractivity contribution in [3.63, 3.8) is 0 Å². The number of benzene rings is 1. The van der Waals surface area contributed by atoms with E-state index in [9.17, 15) is 9.90 Å². The Kier molecular flexibility index (Phi) is 3.10. The van der Waals surface area contributed by atoms with Gasteiger partial charge in [-0.2, -0.15) is 0 Å². The molecule has 86 valence electrons.